The van der Waals surface area contributed by atoms with E-state index in [0.717, 1.165) is 17.1 Å². The molecule has 1 atom stereocenters. The lowest BCUT2D eigenvalue weighted by Crippen LogP contribution is -2.31. The van der Waals surface area contributed by atoms with Crippen molar-refractivity contribution < 1.29 is 4.79 Å². The molecule has 2 heterocycles. The van der Waals surface area contributed by atoms with E-state index in [0.29, 0.717) is 13.0 Å². The van der Waals surface area contributed by atoms with Gasteiger partial charge in [-0.1, -0.05) is 42.1 Å². The third kappa shape index (κ3) is 3.83. The van der Waals surface area contributed by atoms with Gasteiger partial charge in [0.25, 0.3) is 0 Å². The maximum atomic E-state index is 12.5. The Morgan fingerprint density at radius 2 is 1.63 bits per heavy atom. The predicted molar refractivity (Wildman–Crippen MR) is 109 cm³/mol. The van der Waals surface area contributed by atoms with Crippen molar-refractivity contribution in [2.75, 3.05) is 11.4 Å². The molecule has 0 bridgehead atoms. The molecule has 4 nitrogen and oxygen atoms in total. The van der Waals surface area contributed by atoms with Gasteiger partial charge in [0.2, 0.25) is 5.91 Å². The van der Waals surface area contributed by atoms with Crippen LogP contribution in [0, 0.1) is 0 Å². The van der Waals surface area contributed by atoms with Gasteiger partial charge in [-0.3, -0.25) is 9.78 Å². The van der Waals surface area contributed by atoms with Crippen LogP contribution in [-0.4, -0.2) is 17.4 Å². The molecule has 4 rings (SSSR count). The fourth-order valence-corrected chi connectivity index (χ4v) is 4.35. The molecule has 136 valence electrons. The molecule has 0 spiro atoms. The Hall–Kier alpha value is -2.79. The molecule has 1 aliphatic heterocycles. The van der Waals surface area contributed by atoms with Gasteiger partial charge in [-0.25, -0.2) is 0 Å². The smallest absolute Gasteiger partial charge is 0.222 e. The van der Waals surface area contributed by atoms with E-state index in [1.165, 1.54) is 9.79 Å². The van der Waals surface area contributed by atoms with Gasteiger partial charge in [-0.05, 0) is 43.3 Å². The lowest BCUT2D eigenvalue weighted by molar-refractivity contribution is -0.121. The summed E-state index contributed by atoms with van der Waals surface area (Å²) in [6.45, 7) is 2.59. The van der Waals surface area contributed by atoms with Crippen LogP contribution in [-0.2, 0) is 4.79 Å². The highest BCUT2D eigenvalue weighted by Gasteiger charge is 2.23. The Balaban J connectivity index is 1.47. The molecule has 1 aromatic heterocycles. The zero-order chi connectivity index (χ0) is 18.6. The molecule has 0 radical (unpaired) electrons. The van der Waals surface area contributed by atoms with Crippen molar-refractivity contribution in [2.24, 2.45) is 0 Å². The molecule has 1 aliphatic rings. The van der Waals surface area contributed by atoms with Gasteiger partial charge in [-0.15, -0.1) is 0 Å². The largest absolute Gasteiger partial charge is 0.348 e. The summed E-state index contributed by atoms with van der Waals surface area (Å²) in [6.07, 6.45) is 2.17. The molecule has 3 aromatic rings. The third-order valence-electron chi connectivity index (χ3n) is 4.60. The van der Waals surface area contributed by atoms with Crippen LogP contribution in [0.5, 0.6) is 0 Å². The van der Waals surface area contributed by atoms with Crippen LogP contribution in [0.3, 0.4) is 0 Å². The summed E-state index contributed by atoms with van der Waals surface area (Å²) in [4.78, 5) is 21.5. The normalized spacial score (nSPS) is 13.4. The van der Waals surface area contributed by atoms with Crippen molar-refractivity contribution >= 4 is 29.0 Å². The monoisotopic (exact) mass is 375 g/mol. The van der Waals surface area contributed by atoms with Crippen molar-refractivity contribution in [3.8, 4) is 0 Å². The van der Waals surface area contributed by atoms with Crippen molar-refractivity contribution in [2.45, 2.75) is 29.2 Å². The maximum absolute atomic E-state index is 12.5. The van der Waals surface area contributed by atoms with Crippen LogP contribution in [0.1, 0.15) is 25.1 Å². The highest BCUT2D eigenvalue weighted by Crippen LogP contribution is 2.47. The van der Waals surface area contributed by atoms with E-state index >= 15 is 0 Å². The quantitative estimate of drug-likeness (QED) is 0.685. The Morgan fingerprint density at radius 3 is 2.26 bits per heavy atom. The summed E-state index contributed by atoms with van der Waals surface area (Å²) in [6, 6.07) is 22.3. The summed E-state index contributed by atoms with van der Waals surface area (Å²) >= 11 is 1.78. The highest BCUT2D eigenvalue weighted by molar-refractivity contribution is 7.99. The summed E-state index contributed by atoms with van der Waals surface area (Å²) in [5.74, 6) is 0.0290. The van der Waals surface area contributed by atoms with E-state index in [4.69, 9.17) is 0 Å². The van der Waals surface area contributed by atoms with Gasteiger partial charge in [0.15, 0.2) is 0 Å². The van der Waals surface area contributed by atoms with Crippen LogP contribution >= 0.6 is 11.8 Å². The molecule has 1 N–H and O–H groups in total. The predicted octanol–water partition coefficient (Wildman–Crippen LogP) is 4.95. The van der Waals surface area contributed by atoms with E-state index in [9.17, 15) is 4.79 Å². The zero-order valence-corrected chi connectivity index (χ0v) is 15.9. The molecule has 1 amide bonds. The molecule has 0 saturated carbocycles. The molecule has 0 saturated heterocycles. The minimum Gasteiger partial charge on any atom is -0.348 e. The molecule has 2 aromatic carbocycles. The molecular weight excluding hydrogens is 354 g/mol. The summed E-state index contributed by atoms with van der Waals surface area (Å²) < 4.78 is 0. The van der Waals surface area contributed by atoms with Crippen molar-refractivity contribution in [3.63, 3.8) is 0 Å². The Labute approximate surface area is 163 Å². The first-order valence-corrected chi connectivity index (χ1v) is 9.88. The number of carbonyl (C=O) groups is 1. The number of benzene rings is 2. The van der Waals surface area contributed by atoms with Crippen LogP contribution < -0.4 is 10.2 Å². The first-order chi connectivity index (χ1) is 13.2. The first-order valence-electron chi connectivity index (χ1n) is 9.06. The van der Waals surface area contributed by atoms with Crippen molar-refractivity contribution in [1.82, 2.24) is 10.3 Å². The second-order valence-electron chi connectivity index (χ2n) is 6.48. The summed E-state index contributed by atoms with van der Waals surface area (Å²) in [5.41, 5.74) is 3.19. The number of pyridine rings is 1. The minimum atomic E-state index is -0.102. The van der Waals surface area contributed by atoms with Crippen LogP contribution in [0.25, 0.3) is 0 Å². The Kier molecular flexibility index (Phi) is 5.12. The number of para-hydroxylation sites is 2. The standard InChI is InChI=1S/C22H21N3OS/c1-16(17-8-6-7-14-23-17)24-22(26)13-15-25-18-9-2-4-11-20(18)27-21-12-5-3-10-19(21)25/h2-12,14,16H,13,15H2,1H3,(H,24,26). The number of nitrogens with one attached hydrogen (secondary N) is 1. The highest BCUT2D eigenvalue weighted by atomic mass is 32.2. The first kappa shape index (κ1) is 17.6. The number of nitrogens with zero attached hydrogens (tertiary/aromatic N) is 2. The number of hydrogen-bond donors (Lipinski definition) is 1. The van der Waals surface area contributed by atoms with Crippen LogP contribution in [0.4, 0.5) is 11.4 Å². The lowest BCUT2D eigenvalue weighted by atomic mass is 10.2. The van der Waals surface area contributed by atoms with Crippen LogP contribution in [0.2, 0.25) is 0 Å². The lowest BCUT2D eigenvalue weighted by Gasteiger charge is -2.32. The average molecular weight is 375 g/mol. The number of rotatable bonds is 5. The Bertz CT molecular complexity index is 900. The van der Waals surface area contributed by atoms with Gasteiger partial charge in [0.05, 0.1) is 23.1 Å². The van der Waals surface area contributed by atoms with Crippen molar-refractivity contribution in [3.05, 3.63) is 78.6 Å². The van der Waals surface area contributed by atoms with Gasteiger partial charge >= 0.3 is 0 Å². The number of carbonyl (C=O) groups excluding carboxylic acids is 1. The fourth-order valence-electron chi connectivity index (χ4n) is 3.26. The molecule has 1 unspecified atom stereocenters. The van der Waals surface area contributed by atoms with Gasteiger partial charge in [0.1, 0.15) is 0 Å². The van der Waals surface area contributed by atoms with Gasteiger partial charge < -0.3 is 10.2 Å². The van der Waals surface area contributed by atoms with E-state index < -0.39 is 0 Å². The van der Waals surface area contributed by atoms with E-state index in [1.807, 2.05) is 37.3 Å². The van der Waals surface area contributed by atoms with E-state index in [2.05, 4.69) is 51.6 Å². The topological polar surface area (TPSA) is 45.2 Å². The fraction of sp³-hybridized carbons (Fsp3) is 0.182. The zero-order valence-electron chi connectivity index (χ0n) is 15.1. The molecular formula is C22H21N3OS. The number of fused-ring (bicyclic) bond motifs is 2. The number of anilines is 2. The summed E-state index contributed by atoms with van der Waals surface area (Å²) in [5, 5.41) is 3.05. The summed E-state index contributed by atoms with van der Waals surface area (Å²) in [7, 11) is 0. The third-order valence-corrected chi connectivity index (χ3v) is 5.73. The maximum Gasteiger partial charge on any atom is 0.222 e. The number of amides is 1. The molecule has 5 heteroatoms. The molecule has 27 heavy (non-hydrogen) atoms. The van der Waals surface area contributed by atoms with Crippen LogP contribution in [0.15, 0.2) is 82.7 Å². The van der Waals surface area contributed by atoms with E-state index in [1.54, 1.807) is 18.0 Å². The number of aromatic nitrogens is 1. The average Bonchev–Trinajstić information content (AvgIpc) is 2.71. The SMILES string of the molecule is CC(NC(=O)CCN1c2ccccc2Sc2ccccc21)c1ccccn1. The Morgan fingerprint density at radius 1 is 1.00 bits per heavy atom. The van der Waals surface area contributed by atoms with Gasteiger partial charge in [0, 0.05) is 29.0 Å². The van der Waals surface area contributed by atoms with E-state index in [-0.39, 0.29) is 11.9 Å². The number of hydrogen-bond acceptors (Lipinski definition) is 4. The second-order valence-corrected chi connectivity index (χ2v) is 7.57. The molecule has 0 fully saturated rings. The van der Waals surface area contributed by atoms with Crippen molar-refractivity contribution in [1.29, 1.82) is 0 Å². The molecule has 0 aliphatic carbocycles. The second kappa shape index (κ2) is 7.84. The minimum absolute atomic E-state index is 0.0290. The van der Waals surface area contributed by atoms with Gasteiger partial charge in [-0.2, -0.15) is 0 Å².